The summed E-state index contributed by atoms with van der Waals surface area (Å²) in [6.45, 7) is 5.92. The second-order valence-electron chi connectivity index (χ2n) is 10.1. The molecule has 40 heavy (non-hydrogen) atoms. The van der Waals surface area contributed by atoms with Crippen LogP contribution in [0.2, 0.25) is 0 Å². The standard InChI is InChI=1S/C31H31F3N4O2/c1-4-27(38-11-10-37-31(38)18(2)3)28(39)16-21(12-19-13-22(32)17-23(33)14-19)29-24(6-5-9-36-29)20-7-8-26(34)25(15-20)30(35)40/h5-11,13-15,17-18,21,27H,4,12,16H2,1-3H3,(H2,35,40)/t21-,27?/m1/s1. The summed E-state index contributed by atoms with van der Waals surface area (Å²) >= 11 is 0. The van der Waals surface area contributed by atoms with Gasteiger partial charge in [0.25, 0.3) is 5.91 Å². The highest BCUT2D eigenvalue weighted by Gasteiger charge is 2.28. The maximum absolute atomic E-state index is 14.2. The quantitative estimate of drug-likeness (QED) is 0.231. The second kappa shape index (κ2) is 12.3. The average Bonchev–Trinajstić information content (AvgIpc) is 3.38. The third-order valence-electron chi connectivity index (χ3n) is 6.93. The highest BCUT2D eigenvalue weighted by molar-refractivity contribution is 5.94. The van der Waals surface area contributed by atoms with E-state index in [2.05, 4.69) is 9.97 Å². The fraction of sp³-hybridized carbons (Fsp3) is 0.290. The van der Waals surface area contributed by atoms with E-state index in [0.29, 0.717) is 28.8 Å². The van der Waals surface area contributed by atoms with Crippen molar-refractivity contribution in [1.82, 2.24) is 14.5 Å². The van der Waals surface area contributed by atoms with E-state index in [1.165, 1.54) is 24.3 Å². The number of imidazole rings is 1. The van der Waals surface area contributed by atoms with Crippen molar-refractivity contribution in [2.24, 2.45) is 5.73 Å². The summed E-state index contributed by atoms with van der Waals surface area (Å²) in [5, 5.41) is 0. The van der Waals surface area contributed by atoms with Crippen LogP contribution in [-0.2, 0) is 11.2 Å². The van der Waals surface area contributed by atoms with Gasteiger partial charge in [-0.1, -0.05) is 32.9 Å². The van der Waals surface area contributed by atoms with Crippen LogP contribution < -0.4 is 5.73 Å². The molecule has 0 radical (unpaired) electrons. The number of amides is 1. The molecule has 0 aliphatic heterocycles. The fourth-order valence-corrected chi connectivity index (χ4v) is 5.14. The molecule has 1 amide bonds. The van der Waals surface area contributed by atoms with Gasteiger partial charge in [-0.2, -0.15) is 0 Å². The number of Topliss-reactive ketones (excluding diaryl/α,β-unsaturated/α-hetero) is 1. The van der Waals surface area contributed by atoms with Crippen LogP contribution in [0.4, 0.5) is 13.2 Å². The lowest BCUT2D eigenvalue weighted by Crippen LogP contribution is -2.24. The summed E-state index contributed by atoms with van der Waals surface area (Å²) in [6, 6.07) is 10.2. The van der Waals surface area contributed by atoms with Crippen LogP contribution in [0.15, 0.2) is 67.1 Å². The van der Waals surface area contributed by atoms with Gasteiger partial charge < -0.3 is 10.3 Å². The number of hydrogen-bond donors (Lipinski definition) is 1. The number of nitrogens with zero attached hydrogens (tertiary/aromatic N) is 3. The minimum absolute atomic E-state index is 0.0141. The SMILES string of the molecule is CCC(C(=O)C[C@@H](Cc1cc(F)cc(F)c1)c1ncccc1-c1ccc(F)c(C(N)=O)c1)n1ccnc1C(C)C. The molecule has 0 aliphatic rings. The number of pyridine rings is 1. The number of aromatic nitrogens is 3. The Kier molecular flexibility index (Phi) is 8.82. The predicted molar refractivity (Wildman–Crippen MR) is 146 cm³/mol. The molecule has 0 bridgehead atoms. The van der Waals surface area contributed by atoms with Crippen molar-refractivity contribution in [2.45, 2.75) is 57.9 Å². The summed E-state index contributed by atoms with van der Waals surface area (Å²) < 4.78 is 44.4. The van der Waals surface area contributed by atoms with E-state index >= 15 is 0 Å². The number of ketones is 1. The van der Waals surface area contributed by atoms with Crippen LogP contribution in [0.5, 0.6) is 0 Å². The summed E-state index contributed by atoms with van der Waals surface area (Å²) in [5.41, 5.74) is 6.96. The molecule has 2 aromatic heterocycles. The first kappa shape index (κ1) is 28.7. The summed E-state index contributed by atoms with van der Waals surface area (Å²) in [4.78, 5) is 34.7. The molecule has 0 fully saturated rings. The Morgan fingerprint density at radius 2 is 1.70 bits per heavy atom. The van der Waals surface area contributed by atoms with Crippen molar-refractivity contribution in [3.05, 3.63) is 107 Å². The maximum atomic E-state index is 14.2. The Labute approximate surface area is 231 Å². The molecule has 0 saturated carbocycles. The van der Waals surface area contributed by atoms with Gasteiger partial charge in [0.05, 0.1) is 17.3 Å². The molecule has 2 heterocycles. The molecular formula is C31H31F3N4O2. The zero-order valence-electron chi connectivity index (χ0n) is 22.6. The van der Waals surface area contributed by atoms with E-state index in [0.717, 1.165) is 18.0 Å². The van der Waals surface area contributed by atoms with Crippen molar-refractivity contribution in [2.75, 3.05) is 0 Å². The van der Waals surface area contributed by atoms with Crippen molar-refractivity contribution in [3.8, 4) is 11.1 Å². The molecule has 2 aromatic carbocycles. The lowest BCUT2D eigenvalue weighted by atomic mass is 9.85. The molecule has 9 heteroatoms. The van der Waals surface area contributed by atoms with Gasteiger partial charge in [0.15, 0.2) is 5.78 Å². The lowest BCUT2D eigenvalue weighted by Gasteiger charge is -2.24. The molecule has 0 spiro atoms. The number of halogens is 3. The van der Waals surface area contributed by atoms with Crippen LogP contribution in [0.3, 0.4) is 0 Å². The van der Waals surface area contributed by atoms with Crippen molar-refractivity contribution < 1.29 is 22.8 Å². The van der Waals surface area contributed by atoms with Crippen LogP contribution in [0.1, 0.15) is 78.9 Å². The van der Waals surface area contributed by atoms with Gasteiger partial charge in [-0.25, -0.2) is 18.2 Å². The fourth-order valence-electron chi connectivity index (χ4n) is 5.14. The molecule has 2 N–H and O–H groups in total. The van der Waals surface area contributed by atoms with E-state index in [1.807, 2.05) is 25.3 Å². The topological polar surface area (TPSA) is 90.9 Å². The third-order valence-corrected chi connectivity index (χ3v) is 6.93. The summed E-state index contributed by atoms with van der Waals surface area (Å²) in [7, 11) is 0. The van der Waals surface area contributed by atoms with Gasteiger partial charge in [-0.15, -0.1) is 0 Å². The normalized spacial score (nSPS) is 12.9. The van der Waals surface area contributed by atoms with Gasteiger partial charge >= 0.3 is 0 Å². The first-order valence-corrected chi connectivity index (χ1v) is 13.1. The predicted octanol–water partition coefficient (Wildman–Crippen LogP) is 6.52. The number of carbonyl (C=O) groups excluding carboxylic acids is 2. The van der Waals surface area contributed by atoms with Crippen LogP contribution in [0.25, 0.3) is 11.1 Å². The van der Waals surface area contributed by atoms with Crippen LogP contribution >= 0.6 is 0 Å². The first-order chi connectivity index (χ1) is 19.1. The first-order valence-electron chi connectivity index (χ1n) is 13.1. The molecule has 1 unspecified atom stereocenters. The highest BCUT2D eigenvalue weighted by Crippen LogP contribution is 2.35. The smallest absolute Gasteiger partial charge is 0.251 e. The molecule has 4 aromatic rings. The molecule has 208 valence electrons. The Bertz CT molecular complexity index is 1510. The average molecular weight is 549 g/mol. The Morgan fingerprint density at radius 1 is 0.975 bits per heavy atom. The lowest BCUT2D eigenvalue weighted by molar-refractivity contribution is -0.122. The number of hydrogen-bond acceptors (Lipinski definition) is 4. The molecule has 2 atom stereocenters. The number of primary amides is 1. The van der Waals surface area contributed by atoms with Gasteiger partial charge in [-0.05, 0) is 54.3 Å². The van der Waals surface area contributed by atoms with E-state index < -0.39 is 35.3 Å². The monoisotopic (exact) mass is 548 g/mol. The van der Waals surface area contributed by atoms with Crippen molar-refractivity contribution in [1.29, 1.82) is 0 Å². The van der Waals surface area contributed by atoms with E-state index in [1.54, 1.807) is 30.7 Å². The Balaban J connectivity index is 1.79. The van der Waals surface area contributed by atoms with E-state index in [4.69, 9.17) is 5.73 Å². The van der Waals surface area contributed by atoms with Crippen molar-refractivity contribution >= 4 is 11.7 Å². The van der Waals surface area contributed by atoms with Gasteiger partial charge in [-0.3, -0.25) is 14.6 Å². The van der Waals surface area contributed by atoms with Crippen molar-refractivity contribution in [3.63, 3.8) is 0 Å². The molecule has 4 rings (SSSR count). The van der Waals surface area contributed by atoms with E-state index in [9.17, 15) is 22.8 Å². The third kappa shape index (κ3) is 6.30. The second-order valence-corrected chi connectivity index (χ2v) is 10.1. The van der Waals surface area contributed by atoms with Gasteiger partial charge in [0.1, 0.15) is 23.3 Å². The van der Waals surface area contributed by atoms with Gasteiger partial charge in [0.2, 0.25) is 0 Å². The Hall–Kier alpha value is -4.27. The van der Waals surface area contributed by atoms with Gasteiger partial charge in [0, 0.05) is 48.5 Å². The highest BCUT2D eigenvalue weighted by atomic mass is 19.1. The number of benzene rings is 2. The number of rotatable bonds is 11. The number of carbonyl (C=O) groups is 2. The molecular weight excluding hydrogens is 517 g/mol. The van der Waals surface area contributed by atoms with E-state index in [-0.39, 0.29) is 30.1 Å². The number of nitrogens with two attached hydrogens (primary N) is 1. The molecule has 0 saturated heterocycles. The summed E-state index contributed by atoms with van der Waals surface area (Å²) in [6.07, 6.45) is 5.66. The Morgan fingerprint density at radius 3 is 2.35 bits per heavy atom. The largest absolute Gasteiger partial charge is 0.366 e. The zero-order chi connectivity index (χ0) is 29.0. The maximum Gasteiger partial charge on any atom is 0.251 e. The molecule has 6 nitrogen and oxygen atoms in total. The minimum Gasteiger partial charge on any atom is -0.366 e. The summed E-state index contributed by atoms with van der Waals surface area (Å²) in [5.74, 6) is -2.91. The van der Waals surface area contributed by atoms with Crippen LogP contribution in [0, 0.1) is 17.5 Å². The minimum atomic E-state index is -0.918. The zero-order valence-corrected chi connectivity index (χ0v) is 22.6. The molecule has 0 aliphatic carbocycles. The van der Waals surface area contributed by atoms with Crippen LogP contribution in [-0.4, -0.2) is 26.2 Å².